The molecule has 1 aliphatic rings. The van der Waals surface area contributed by atoms with Gasteiger partial charge in [-0.15, -0.1) is 0 Å². The Kier molecular flexibility index (Phi) is 6.49. The molecule has 1 atom stereocenters. The summed E-state index contributed by atoms with van der Waals surface area (Å²) in [6, 6.07) is 5.84. The number of piperazine rings is 1. The van der Waals surface area contributed by atoms with Gasteiger partial charge in [0.25, 0.3) is 0 Å². The fourth-order valence-corrected chi connectivity index (χ4v) is 3.39. The number of phenolic OH excluding ortho intramolecular Hbond substituents is 1. The second-order valence-electron chi connectivity index (χ2n) is 7.93. The Bertz CT molecular complexity index is 528. The molecule has 0 radical (unpaired) electrons. The maximum absolute atomic E-state index is 10.2. The van der Waals surface area contributed by atoms with Crippen molar-refractivity contribution in [3.05, 3.63) is 23.8 Å². The molecule has 24 heavy (non-hydrogen) atoms. The summed E-state index contributed by atoms with van der Waals surface area (Å²) in [5, 5.41) is 19.6. The van der Waals surface area contributed by atoms with Crippen LogP contribution in [0.3, 0.4) is 0 Å². The van der Waals surface area contributed by atoms with E-state index in [2.05, 4.69) is 30.6 Å². The fraction of sp³-hybridized carbons (Fsp3) is 0.684. The quantitative estimate of drug-likeness (QED) is 0.835. The number of aromatic hydroxyl groups is 1. The zero-order valence-corrected chi connectivity index (χ0v) is 15.5. The Morgan fingerprint density at radius 3 is 2.58 bits per heavy atom. The number of hydrogen-bond acceptors (Lipinski definition) is 5. The van der Waals surface area contributed by atoms with Gasteiger partial charge in [-0.05, 0) is 17.9 Å². The molecule has 0 spiro atoms. The molecule has 1 aromatic rings. The Morgan fingerprint density at radius 2 is 2.00 bits per heavy atom. The summed E-state index contributed by atoms with van der Waals surface area (Å²) in [6.45, 7) is 11.6. The van der Waals surface area contributed by atoms with Crippen LogP contribution in [-0.2, 0) is 6.54 Å². The highest BCUT2D eigenvalue weighted by molar-refractivity contribution is 5.39. The van der Waals surface area contributed by atoms with Crippen molar-refractivity contribution in [3.63, 3.8) is 0 Å². The largest absolute Gasteiger partial charge is 0.507 e. The van der Waals surface area contributed by atoms with Gasteiger partial charge in [-0.25, -0.2) is 0 Å². The van der Waals surface area contributed by atoms with Gasteiger partial charge in [0.05, 0.1) is 7.11 Å². The van der Waals surface area contributed by atoms with Crippen molar-refractivity contribution in [3.8, 4) is 11.5 Å². The highest BCUT2D eigenvalue weighted by atomic mass is 16.5. The highest BCUT2D eigenvalue weighted by Crippen LogP contribution is 2.26. The summed E-state index contributed by atoms with van der Waals surface area (Å²) < 4.78 is 5.14. The third-order valence-electron chi connectivity index (χ3n) is 4.51. The number of phenols is 1. The molecule has 0 saturated carbocycles. The molecule has 1 aliphatic heterocycles. The summed E-state index contributed by atoms with van der Waals surface area (Å²) >= 11 is 0. The molecule has 136 valence electrons. The number of ether oxygens (including phenoxy) is 1. The monoisotopic (exact) mass is 336 g/mol. The van der Waals surface area contributed by atoms with E-state index in [1.54, 1.807) is 13.2 Å². The van der Waals surface area contributed by atoms with Crippen molar-refractivity contribution in [2.24, 2.45) is 5.41 Å². The summed E-state index contributed by atoms with van der Waals surface area (Å²) in [7, 11) is 1.60. The lowest BCUT2D eigenvalue weighted by molar-refractivity contribution is 0.0337. The molecule has 2 rings (SSSR count). The highest BCUT2D eigenvalue weighted by Gasteiger charge is 2.29. The van der Waals surface area contributed by atoms with Crippen LogP contribution in [-0.4, -0.2) is 66.0 Å². The lowest BCUT2D eigenvalue weighted by atomic mass is 9.94. The van der Waals surface area contributed by atoms with Crippen LogP contribution in [0.1, 0.15) is 32.8 Å². The van der Waals surface area contributed by atoms with Gasteiger partial charge < -0.3 is 14.9 Å². The van der Waals surface area contributed by atoms with Gasteiger partial charge in [-0.2, -0.15) is 0 Å². The van der Waals surface area contributed by atoms with Crippen LogP contribution >= 0.6 is 0 Å². The standard InChI is InChI=1S/C19H32N2O3/c1-19(2,3)14-21-9-8-20(13-16(21)7-10-22)12-15-5-6-17(24-4)11-18(15)23/h5-6,11,16,22-23H,7-10,12-14H2,1-4H3/t16-/m1/s1. The predicted molar refractivity (Wildman–Crippen MR) is 96.5 cm³/mol. The number of nitrogens with zero attached hydrogens (tertiary/aromatic N) is 2. The molecule has 5 nitrogen and oxygen atoms in total. The van der Waals surface area contributed by atoms with Crippen LogP contribution in [0.2, 0.25) is 0 Å². The molecule has 0 aliphatic carbocycles. The smallest absolute Gasteiger partial charge is 0.123 e. The Labute approximate surface area is 145 Å². The van der Waals surface area contributed by atoms with E-state index in [9.17, 15) is 10.2 Å². The van der Waals surface area contributed by atoms with Crippen LogP contribution in [0.4, 0.5) is 0 Å². The molecule has 0 aromatic heterocycles. The van der Waals surface area contributed by atoms with Gasteiger partial charge in [0, 0.05) is 57.0 Å². The van der Waals surface area contributed by atoms with E-state index in [4.69, 9.17) is 4.74 Å². The van der Waals surface area contributed by atoms with Crippen LogP contribution in [0.5, 0.6) is 11.5 Å². The van der Waals surface area contributed by atoms with Crippen molar-refractivity contribution < 1.29 is 14.9 Å². The average Bonchev–Trinajstić information content (AvgIpc) is 2.51. The van der Waals surface area contributed by atoms with Gasteiger partial charge in [-0.1, -0.05) is 26.8 Å². The number of aliphatic hydroxyl groups excluding tert-OH is 1. The molecule has 1 aromatic carbocycles. The summed E-state index contributed by atoms with van der Waals surface area (Å²) in [5.74, 6) is 0.953. The van der Waals surface area contributed by atoms with Crippen LogP contribution in [0, 0.1) is 5.41 Å². The first-order valence-electron chi connectivity index (χ1n) is 8.75. The molecule has 2 N–H and O–H groups in total. The SMILES string of the molecule is COc1ccc(CN2CCN(CC(C)(C)C)[C@H](CCO)C2)c(O)c1. The third-order valence-corrected chi connectivity index (χ3v) is 4.51. The first-order chi connectivity index (χ1) is 11.3. The number of methoxy groups -OCH3 is 1. The molecule has 1 saturated heterocycles. The molecule has 5 heteroatoms. The molecule has 0 amide bonds. The lowest BCUT2D eigenvalue weighted by Crippen LogP contribution is -2.54. The Hall–Kier alpha value is -1.30. The van der Waals surface area contributed by atoms with Crippen LogP contribution in [0.15, 0.2) is 18.2 Å². The van der Waals surface area contributed by atoms with E-state index in [0.29, 0.717) is 11.8 Å². The molecular formula is C19H32N2O3. The number of aliphatic hydroxyl groups is 1. The van der Waals surface area contributed by atoms with Gasteiger partial charge in [-0.3, -0.25) is 9.80 Å². The average molecular weight is 336 g/mol. The number of hydrogen-bond donors (Lipinski definition) is 2. The van der Waals surface area contributed by atoms with Crippen LogP contribution in [0.25, 0.3) is 0 Å². The van der Waals surface area contributed by atoms with Crippen molar-refractivity contribution in [2.75, 3.05) is 39.9 Å². The van der Waals surface area contributed by atoms with Crippen molar-refractivity contribution >= 4 is 0 Å². The first kappa shape index (κ1) is 19.0. The van der Waals surface area contributed by atoms with Gasteiger partial charge >= 0.3 is 0 Å². The zero-order valence-electron chi connectivity index (χ0n) is 15.5. The third kappa shape index (κ3) is 5.36. The van der Waals surface area contributed by atoms with Gasteiger partial charge in [0.15, 0.2) is 0 Å². The summed E-state index contributed by atoms with van der Waals surface area (Å²) in [4.78, 5) is 4.86. The van der Waals surface area contributed by atoms with Crippen molar-refractivity contribution in [1.29, 1.82) is 0 Å². The first-order valence-corrected chi connectivity index (χ1v) is 8.75. The van der Waals surface area contributed by atoms with E-state index in [1.165, 1.54) is 0 Å². The Balaban J connectivity index is 2.01. The topological polar surface area (TPSA) is 56.2 Å². The number of benzene rings is 1. The van der Waals surface area contributed by atoms with E-state index < -0.39 is 0 Å². The van der Waals surface area contributed by atoms with Crippen LogP contribution < -0.4 is 4.74 Å². The minimum Gasteiger partial charge on any atom is -0.507 e. The molecule has 1 heterocycles. The summed E-state index contributed by atoms with van der Waals surface area (Å²) in [6.07, 6.45) is 0.793. The van der Waals surface area contributed by atoms with E-state index in [0.717, 1.165) is 44.7 Å². The maximum Gasteiger partial charge on any atom is 0.123 e. The zero-order chi connectivity index (χ0) is 17.7. The van der Waals surface area contributed by atoms with E-state index in [-0.39, 0.29) is 17.8 Å². The van der Waals surface area contributed by atoms with Crippen molar-refractivity contribution in [2.45, 2.75) is 39.8 Å². The second-order valence-corrected chi connectivity index (χ2v) is 7.93. The maximum atomic E-state index is 10.2. The fourth-order valence-electron chi connectivity index (χ4n) is 3.39. The lowest BCUT2D eigenvalue weighted by Gasteiger charge is -2.44. The predicted octanol–water partition coefficient (Wildman–Crippen LogP) is 2.32. The van der Waals surface area contributed by atoms with E-state index in [1.807, 2.05) is 12.1 Å². The van der Waals surface area contributed by atoms with Gasteiger partial charge in [0.2, 0.25) is 0 Å². The molecule has 0 bridgehead atoms. The second kappa shape index (κ2) is 8.19. The minimum atomic E-state index is 0.215. The Morgan fingerprint density at radius 1 is 1.25 bits per heavy atom. The molecule has 1 fully saturated rings. The molecular weight excluding hydrogens is 304 g/mol. The number of rotatable bonds is 6. The van der Waals surface area contributed by atoms with E-state index >= 15 is 0 Å². The minimum absolute atomic E-state index is 0.215. The van der Waals surface area contributed by atoms with Crippen molar-refractivity contribution in [1.82, 2.24) is 9.80 Å². The van der Waals surface area contributed by atoms with Gasteiger partial charge in [0.1, 0.15) is 11.5 Å². The normalized spacial score (nSPS) is 20.3. The molecule has 0 unspecified atom stereocenters. The summed E-state index contributed by atoms with van der Waals surface area (Å²) in [5.41, 5.74) is 1.17.